The highest BCUT2D eigenvalue weighted by Crippen LogP contribution is 2.67. The molecule has 66 heavy (non-hydrogen) atoms. The molecule has 0 N–H and O–H groups in total. The predicted molar refractivity (Wildman–Crippen MR) is 266 cm³/mol. The van der Waals surface area contributed by atoms with Crippen molar-refractivity contribution >= 4 is 66.8 Å². The summed E-state index contributed by atoms with van der Waals surface area (Å²) in [6.07, 6.45) is 0. The van der Waals surface area contributed by atoms with Gasteiger partial charge >= 0.3 is 0 Å². The zero-order valence-corrected chi connectivity index (χ0v) is 36.2. The Morgan fingerprint density at radius 3 is 1.52 bits per heavy atom. The summed E-state index contributed by atoms with van der Waals surface area (Å²) in [7, 11) is 0. The Balaban J connectivity index is 1.24. The zero-order valence-electron chi connectivity index (χ0n) is 36.2. The first-order valence-corrected chi connectivity index (χ1v) is 22.4. The van der Waals surface area contributed by atoms with Gasteiger partial charge in [-0.3, -0.25) is 0 Å². The van der Waals surface area contributed by atoms with Crippen molar-refractivity contribution in [2.24, 2.45) is 0 Å². The molecular weight excluding hydrogens is 815 g/mol. The lowest BCUT2D eigenvalue weighted by molar-refractivity contribution is 0.627. The molecule has 314 valence electrons. The topological polar surface area (TPSA) is 19.6 Å². The van der Waals surface area contributed by atoms with Gasteiger partial charge in [-0.2, -0.15) is 0 Å². The van der Waals surface area contributed by atoms with E-state index in [1.807, 2.05) is 24.3 Å². The highest BCUT2D eigenvalue weighted by Gasteiger charge is 2.54. The number of fused-ring (bicyclic) bond motifs is 16. The smallest absolute Gasteiger partial charge is 0.142 e. The molecule has 0 aliphatic heterocycles. The number of rotatable bonds is 6. The number of nitrogens with zero attached hydrogens (tertiary/aromatic N) is 2. The second kappa shape index (κ2) is 14.4. The van der Waals surface area contributed by atoms with Gasteiger partial charge in [0.2, 0.25) is 0 Å². The molecule has 13 rings (SSSR count). The van der Waals surface area contributed by atoms with E-state index in [1.165, 1.54) is 12.1 Å². The lowest BCUT2D eigenvalue weighted by atomic mass is 9.70. The van der Waals surface area contributed by atoms with Gasteiger partial charge in [-0.1, -0.05) is 139 Å². The number of hydrogen-bond acceptors (Lipinski definition) is 3. The van der Waals surface area contributed by atoms with Crippen LogP contribution >= 0.6 is 0 Å². The molecule has 1 spiro atoms. The maximum Gasteiger partial charge on any atom is 0.142 e. The average Bonchev–Trinajstić information content (AvgIpc) is 3.97. The molecule has 0 bridgehead atoms. The van der Waals surface area contributed by atoms with E-state index in [1.54, 1.807) is 24.3 Å². The highest BCUT2D eigenvalue weighted by atomic mass is 19.1. The number of halogens is 2. The van der Waals surface area contributed by atoms with E-state index in [4.69, 9.17) is 4.42 Å². The molecule has 0 saturated heterocycles. The Bertz CT molecular complexity index is 3730. The summed E-state index contributed by atoms with van der Waals surface area (Å²) in [5.74, 6) is -0.633. The quantitative estimate of drug-likeness (QED) is 0.166. The molecule has 10 aromatic carbocycles. The molecule has 1 aromatic heterocycles. The van der Waals surface area contributed by atoms with Crippen molar-refractivity contribution in [3.8, 4) is 22.3 Å². The molecule has 1 heterocycles. The Labute approximate surface area is 381 Å². The third-order valence-corrected chi connectivity index (χ3v) is 13.9. The maximum atomic E-state index is 15.5. The van der Waals surface area contributed by atoms with Crippen molar-refractivity contribution in [3.63, 3.8) is 0 Å². The Morgan fingerprint density at radius 1 is 0.409 bits per heavy atom. The van der Waals surface area contributed by atoms with Crippen LogP contribution in [0.4, 0.5) is 42.9 Å². The first-order valence-electron chi connectivity index (χ1n) is 22.4. The van der Waals surface area contributed by atoms with E-state index in [-0.39, 0.29) is 11.6 Å². The van der Waals surface area contributed by atoms with Crippen LogP contribution in [0.15, 0.2) is 211 Å². The molecule has 0 radical (unpaired) electrons. The molecule has 3 nitrogen and oxygen atoms in total. The maximum absolute atomic E-state index is 15.5. The lowest BCUT2D eigenvalue weighted by Crippen LogP contribution is -2.26. The minimum absolute atomic E-state index is 0.311. The minimum atomic E-state index is -0.851. The van der Waals surface area contributed by atoms with E-state index < -0.39 is 5.41 Å². The summed E-state index contributed by atoms with van der Waals surface area (Å²) < 4.78 is 38.3. The zero-order chi connectivity index (χ0) is 44.3. The van der Waals surface area contributed by atoms with Crippen LogP contribution in [0.25, 0.3) is 55.0 Å². The van der Waals surface area contributed by atoms with E-state index >= 15 is 8.78 Å². The third kappa shape index (κ3) is 5.40. The summed E-state index contributed by atoms with van der Waals surface area (Å²) >= 11 is 0. The van der Waals surface area contributed by atoms with Crippen molar-refractivity contribution in [3.05, 3.63) is 251 Å². The summed E-state index contributed by atoms with van der Waals surface area (Å²) in [4.78, 5) is 4.37. The molecular formula is C61H40F2N2O. The Kier molecular flexibility index (Phi) is 8.31. The second-order valence-corrected chi connectivity index (χ2v) is 17.6. The molecule has 0 amide bonds. The number of furan rings is 1. The van der Waals surface area contributed by atoms with Gasteiger partial charge < -0.3 is 14.2 Å². The molecule has 0 saturated carbocycles. The first-order chi connectivity index (χ1) is 32.4. The molecule has 2 aliphatic carbocycles. The van der Waals surface area contributed by atoms with Crippen LogP contribution in [0.5, 0.6) is 0 Å². The largest absolute Gasteiger partial charge is 0.456 e. The van der Waals surface area contributed by atoms with Crippen LogP contribution in [-0.2, 0) is 5.41 Å². The van der Waals surface area contributed by atoms with Crippen molar-refractivity contribution in [1.82, 2.24) is 0 Å². The van der Waals surface area contributed by atoms with Crippen LogP contribution < -0.4 is 9.80 Å². The van der Waals surface area contributed by atoms with E-state index in [0.717, 1.165) is 111 Å². The number of benzene rings is 10. The van der Waals surface area contributed by atoms with Crippen molar-refractivity contribution in [2.75, 3.05) is 9.80 Å². The fourth-order valence-electron chi connectivity index (χ4n) is 11.2. The van der Waals surface area contributed by atoms with Gasteiger partial charge in [-0.15, -0.1) is 0 Å². The average molecular weight is 855 g/mol. The van der Waals surface area contributed by atoms with Crippen LogP contribution in [0.2, 0.25) is 0 Å². The fraction of sp³-hybridized carbons (Fsp3) is 0.0492. The van der Waals surface area contributed by atoms with Crippen molar-refractivity contribution < 1.29 is 13.2 Å². The van der Waals surface area contributed by atoms with Gasteiger partial charge in [0.05, 0.1) is 22.2 Å². The van der Waals surface area contributed by atoms with Crippen LogP contribution in [0.1, 0.15) is 33.4 Å². The van der Waals surface area contributed by atoms with Gasteiger partial charge in [0.25, 0.3) is 0 Å². The molecule has 0 atom stereocenters. The molecule has 2 aliphatic rings. The van der Waals surface area contributed by atoms with E-state index in [0.29, 0.717) is 11.4 Å². The number of aryl methyl sites for hydroxylation is 2. The number of hydrogen-bond donors (Lipinski definition) is 0. The van der Waals surface area contributed by atoms with Gasteiger partial charge in [-0.25, -0.2) is 8.78 Å². The predicted octanol–water partition coefficient (Wildman–Crippen LogP) is 16.9. The summed E-state index contributed by atoms with van der Waals surface area (Å²) in [5.41, 5.74) is 16.9. The van der Waals surface area contributed by atoms with Crippen LogP contribution in [-0.4, -0.2) is 0 Å². The Hall–Kier alpha value is -8.28. The standard InChI is InChI=1S/C61H40F2N2O/c1-37-25-29-41(30-26-37)64(43-15-11-13-39(62)33-43)54-36-53-57(48-20-4-3-19-47(48)54)50-35-55(65(42-31-27-38(2)28-32-42)44-16-12-14-40(63)34-44)58-49-21-7-10-24-56(49)66-60(58)59(50)61(53)51-22-8-5-17-45(51)46-18-6-9-23-52(46)61/h3-36H,1-2H3. The molecule has 0 unspecified atom stereocenters. The molecule has 5 heteroatoms. The molecule has 11 aromatic rings. The SMILES string of the molecule is Cc1ccc(N(c2cccc(F)c2)c2cc3c(c4ccccc24)-c2cc(N(c4ccc(C)cc4)c4cccc(F)c4)c4c(oc5ccccc54)c2C32c3ccccc3-c3ccccc32)cc1. The van der Waals surface area contributed by atoms with Gasteiger partial charge in [-0.05, 0) is 137 Å². The second-order valence-electron chi connectivity index (χ2n) is 17.6. The van der Waals surface area contributed by atoms with Gasteiger partial charge in [0.15, 0.2) is 0 Å². The van der Waals surface area contributed by atoms with Gasteiger partial charge in [0.1, 0.15) is 22.8 Å². The van der Waals surface area contributed by atoms with Crippen molar-refractivity contribution in [2.45, 2.75) is 19.3 Å². The van der Waals surface area contributed by atoms with E-state index in [2.05, 4.69) is 169 Å². The minimum Gasteiger partial charge on any atom is -0.456 e. The van der Waals surface area contributed by atoms with Crippen LogP contribution in [0, 0.1) is 25.5 Å². The summed E-state index contributed by atoms with van der Waals surface area (Å²) in [6.45, 7) is 4.16. The summed E-state index contributed by atoms with van der Waals surface area (Å²) in [6, 6.07) is 69.7. The van der Waals surface area contributed by atoms with E-state index in [9.17, 15) is 0 Å². The number of anilines is 6. The van der Waals surface area contributed by atoms with Crippen molar-refractivity contribution in [1.29, 1.82) is 0 Å². The summed E-state index contributed by atoms with van der Waals surface area (Å²) in [5, 5.41) is 3.96. The van der Waals surface area contributed by atoms with Gasteiger partial charge in [0, 0.05) is 39.1 Å². The lowest BCUT2D eigenvalue weighted by Gasteiger charge is -2.33. The highest BCUT2D eigenvalue weighted by molar-refractivity contribution is 6.21. The molecule has 0 fully saturated rings. The van der Waals surface area contributed by atoms with Crippen LogP contribution in [0.3, 0.4) is 0 Å². The Morgan fingerprint density at radius 2 is 0.924 bits per heavy atom. The first kappa shape index (κ1) is 38.2. The normalized spacial score (nSPS) is 13.0. The fourth-order valence-corrected chi connectivity index (χ4v) is 11.2. The monoisotopic (exact) mass is 854 g/mol. The third-order valence-electron chi connectivity index (χ3n) is 13.9. The number of para-hydroxylation sites is 1.